The number of alkyl carbamates (subject to hydrolysis) is 1. The lowest BCUT2D eigenvalue weighted by atomic mass is 9.96. The summed E-state index contributed by atoms with van der Waals surface area (Å²) in [5, 5.41) is 3.06. The Morgan fingerprint density at radius 3 is 2.70 bits per heavy atom. The minimum Gasteiger partial charge on any atom is -0.446 e. The number of carbonyl (C=O) groups excluding carboxylic acids is 1. The maximum Gasteiger partial charge on any atom is 0.407 e. The fourth-order valence-electron chi connectivity index (χ4n) is 3.32. The molecule has 0 spiro atoms. The van der Waals surface area contributed by atoms with Gasteiger partial charge in [0, 0.05) is 12.5 Å². The molecule has 2 rings (SSSR count). The molecule has 0 aromatic heterocycles. The van der Waals surface area contributed by atoms with Gasteiger partial charge in [0.2, 0.25) is 0 Å². The fraction of sp³-hybridized carbons (Fsp3) is 0.650. The predicted octanol–water partition coefficient (Wildman–Crippen LogP) is 5.16. The number of hydrogen-bond donors (Lipinski definition) is 1. The van der Waals surface area contributed by atoms with Gasteiger partial charge in [0.15, 0.2) is 0 Å². The van der Waals surface area contributed by atoms with Crippen molar-refractivity contribution in [3.05, 3.63) is 35.4 Å². The van der Waals surface area contributed by atoms with Crippen molar-refractivity contribution in [3.8, 4) is 0 Å². The lowest BCUT2D eigenvalue weighted by molar-refractivity contribution is 0.0866. The zero-order valence-electron chi connectivity index (χ0n) is 14.6. The van der Waals surface area contributed by atoms with Crippen LogP contribution in [0.1, 0.15) is 69.4 Å². The molecule has 1 aliphatic carbocycles. The number of benzene rings is 1. The molecule has 1 amide bonds. The minimum atomic E-state index is -0.230. The number of nitrogens with one attached hydrogen (secondary N) is 1. The highest BCUT2D eigenvalue weighted by atomic mass is 16.6. The van der Waals surface area contributed by atoms with Gasteiger partial charge in [-0.25, -0.2) is 4.79 Å². The smallest absolute Gasteiger partial charge is 0.407 e. The predicted molar refractivity (Wildman–Crippen MR) is 94.7 cm³/mol. The van der Waals surface area contributed by atoms with E-state index in [1.807, 2.05) is 0 Å². The van der Waals surface area contributed by atoms with E-state index >= 15 is 0 Å². The molecule has 3 heteroatoms. The molecule has 1 aromatic rings. The SMILES string of the molecule is CCCCC(Cc1ccccc1C)OC(=O)NC1CCCCC1. The molecule has 1 fully saturated rings. The van der Waals surface area contributed by atoms with E-state index in [-0.39, 0.29) is 12.2 Å². The molecule has 1 atom stereocenters. The number of hydrogen-bond acceptors (Lipinski definition) is 2. The monoisotopic (exact) mass is 317 g/mol. The summed E-state index contributed by atoms with van der Waals surface area (Å²) >= 11 is 0. The Kier molecular flexibility index (Phi) is 7.44. The van der Waals surface area contributed by atoms with Crippen LogP contribution in [0.5, 0.6) is 0 Å². The molecule has 1 unspecified atom stereocenters. The van der Waals surface area contributed by atoms with E-state index in [4.69, 9.17) is 4.74 Å². The maximum absolute atomic E-state index is 12.2. The molecular weight excluding hydrogens is 286 g/mol. The highest BCUT2D eigenvalue weighted by Gasteiger charge is 2.20. The van der Waals surface area contributed by atoms with Crippen LogP contribution in [0, 0.1) is 6.92 Å². The Bertz CT molecular complexity index is 480. The van der Waals surface area contributed by atoms with E-state index in [0.29, 0.717) is 6.04 Å². The first-order valence-corrected chi connectivity index (χ1v) is 9.20. The van der Waals surface area contributed by atoms with E-state index in [0.717, 1.165) is 38.5 Å². The van der Waals surface area contributed by atoms with Crippen LogP contribution in [0.25, 0.3) is 0 Å². The summed E-state index contributed by atoms with van der Waals surface area (Å²) in [4.78, 5) is 12.2. The number of amides is 1. The van der Waals surface area contributed by atoms with Gasteiger partial charge in [-0.15, -0.1) is 0 Å². The van der Waals surface area contributed by atoms with Gasteiger partial charge >= 0.3 is 6.09 Å². The molecule has 3 nitrogen and oxygen atoms in total. The van der Waals surface area contributed by atoms with Crippen molar-refractivity contribution < 1.29 is 9.53 Å². The molecule has 1 aliphatic rings. The Hall–Kier alpha value is -1.51. The third-order valence-electron chi connectivity index (χ3n) is 4.79. The topological polar surface area (TPSA) is 38.3 Å². The Morgan fingerprint density at radius 2 is 2.00 bits per heavy atom. The number of aryl methyl sites for hydroxylation is 1. The largest absolute Gasteiger partial charge is 0.446 e. The van der Waals surface area contributed by atoms with Crippen LogP contribution >= 0.6 is 0 Å². The van der Waals surface area contributed by atoms with Crippen molar-refractivity contribution in [2.75, 3.05) is 0 Å². The van der Waals surface area contributed by atoms with E-state index in [1.54, 1.807) is 0 Å². The molecular formula is C20H31NO2. The quantitative estimate of drug-likeness (QED) is 0.754. The Labute approximate surface area is 140 Å². The van der Waals surface area contributed by atoms with Crippen molar-refractivity contribution in [3.63, 3.8) is 0 Å². The number of ether oxygens (including phenoxy) is 1. The first kappa shape index (κ1) is 17.8. The van der Waals surface area contributed by atoms with Crippen LogP contribution in [0.4, 0.5) is 4.79 Å². The van der Waals surface area contributed by atoms with E-state index in [2.05, 4.69) is 43.4 Å². The van der Waals surface area contributed by atoms with Crippen LogP contribution in [0.15, 0.2) is 24.3 Å². The lowest BCUT2D eigenvalue weighted by Gasteiger charge is -2.25. The Morgan fingerprint density at radius 1 is 1.26 bits per heavy atom. The summed E-state index contributed by atoms with van der Waals surface area (Å²) < 4.78 is 5.76. The average Bonchev–Trinajstić information content (AvgIpc) is 2.55. The van der Waals surface area contributed by atoms with Gasteiger partial charge in [-0.1, -0.05) is 63.3 Å². The van der Waals surface area contributed by atoms with E-state index in [1.165, 1.54) is 30.4 Å². The van der Waals surface area contributed by atoms with Gasteiger partial charge < -0.3 is 10.1 Å². The second-order valence-corrected chi connectivity index (χ2v) is 6.78. The van der Waals surface area contributed by atoms with Crippen LogP contribution in [-0.4, -0.2) is 18.2 Å². The summed E-state index contributed by atoms with van der Waals surface area (Å²) in [5.74, 6) is 0. The molecule has 0 radical (unpaired) electrons. The van der Waals surface area contributed by atoms with Crippen molar-refractivity contribution >= 4 is 6.09 Å². The summed E-state index contributed by atoms with van der Waals surface area (Å²) in [6, 6.07) is 8.67. The summed E-state index contributed by atoms with van der Waals surface area (Å²) in [5.41, 5.74) is 2.55. The molecule has 0 bridgehead atoms. The zero-order chi connectivity index (χ0) is 16.5. The molecule has 1 saturated carbocycles. The lowest BCUT2D eigenvalue weighted by Crippen LogP contribution is -2.38. The molecule has 1 aromatic carbocycles. The standard InChI is InChI=1S/C20H31NO2/c1-3-4-14-19(15-17-11-9-8-10-16(17)2)23-20(22)21-18-12-6-5-7-13-18/h8-11,18-19H,3-7,12-15H2,1-2H3,(H,21,22). The first-order valence-electron chi connectivity index (χ1n) is 9.20. The van der Waals surface area contributed by atoms with Crippen LogP contribution in [0.2, 0.25) is 0 Å². The Balaban J connectivity index is 1.89. The van der Waals surface area contributed by atoms with Gasteiger partial charge in [-0.05, 0) is 37.3 Å². The van der Waals surface area contributed by atoms with E-state index in [9.17, 15) is 4.79 Å². The van der Waals surface area contributed by atoms with Crippen LogP contribution < -0.4 is 5.32 Å². The second kappa shape index (κ2) is 9.59. The number of carbonyl (C=O) groups is 1. The van der Waals surface area contributed by atoms with Crippen molar-refractivity contribution in [2.24, 2.45) is 0 Å². The molecule has 128 valence electrons. The average molecular weight is 317 g/mol. The third kappa shape index (κ3) is 6.25. The van der Waals surface area contributed by atoms with Gasteiger partial charge in [0.25, 0.3) is 0 Å². The van der Waals surface area contributed by atoms with Crippen LogP contribution in [-0.2, 0) is 11.2 Å². The summed E-state index contributed by atoms with van der Waals surface area (Å²) in [6.45, 7) is 4.29. The first-order chi connectivity index (χ1) is 11.2. The molecule has 0 saturated heterocycles. The van der Waals surface area contributed by atoms with E-state index < -0.39 is 0 Å². The normalized spacial score (nSPS) is 16.8. The van der Waals surface area contributed by atoms with Crippen molar-refractivity contribution in [1.82, 2.24) is 5.32 Å². The molecule has 0 heterocycles. The van der Waals surface area contributed by atoms with Gasteiger partial charge in [-0.2, -0.15) is 0 Å². The number of rotatable bonds is 7. The maximum atomic E-state index is 12.2. The summed E-state index contributed by atoms with van der Waals surface area (Å²) in [6.07, 6.45) is 9.60. The highest BCUT2D eigenvalue weighted by molar-refractivity contribution is 5.67. The second-order valence-electron chi connectivity index (χ2n) is 6.78. The zero-order valence-corrected chi connectivity index (χ0v) is 14.6. The number of unbranched alkanes of at least 4 members (excludes halogenated alkanes) is 1. The highest BCUT2D eigenvalue weighted by Crippen LogP contribution is 2.19. The van der Waals surface area contributed by atoms with Gasteiger partial charge in [-0.3, -0.25) is 0 Å². The molecule has 23 heavy (non-hydrogen) atoms. The van der Waals surface area contributed by atoms with Crippen molar-refractivity contribution in [2.45, 2.75) is 83.8 Å². The summed E-state index contributed by atoms with van der Waals surface area (Å²) in [7, 11) is 0. The molecule has 0 aliphatic heterocycles. The van der Waals surface area contributed by atoms with Crippen LogP contribution in [0.3, 0.4) is 0 Å². The third-order valence-corrected chi connectivity index (χ3v) is 4.79. The molecule has 1 N–H and O–H groups in total. The minimum absolute atomic E-state index is 0.0281. The van der Waals surface area contributed by atoms with Gasteiger partial charge in [0.1, 0.15) is 6.10 Å². The van der Waals surface area contributed by atoms with Gasteiger partial charge in [0.05, 0.1) is 0 Å². The fourth-order valence-corrected chi connectivity index (χ4v) is 3.32. The van der Waals surface area contributed by atoms with Crippen molar-refractivity contribution in [1.29, 1.82) is 0 Å².